The van der Waals surface area contributed by atoms with E-state index >= 15 is 0 Å². The van der Waals surface area contributed by atoms with Crippen molar-refractivity contribution < 1.29 is 36.7 Å². The molecule has 6 rings (SSSR count). The van der Waals surface area contributed by atoms with E-state index in [1.807, 2.05) is 0 Å². The molecule has 0 atom stereocenters. The van der Waals surface area contributed by atoms with E-state index in [1.165, 1.54) is 24.3 Å². The summed E-state index contributed by atoms with van der Waals surface area (Å²) in [6.07, 6.45) is 0.0316. The summed E-state index contributed by atoms with van der Waals surface area (Å²) in [4.78, 5) is 55.4. The second-order valence-electron chi connectivity index (χ2n) is 9.65. The Morgan fingerprint density at radius 1 is 0.450 bits per heavy atom. The van der Waals surface area contributed by atoms with E-state index in [9.17, 15) is 36.7 Å². The summed E-state index contributed by atoms with van der Waals surface area (Å²) in [5.41, 5.74) is 1.00. The third-order valence-electron chi connectivity index (χ3n) is 7.16. The van der Waals surface area contributed by atoms with Gasteiger partial charge in [-0.05, 0) is 72.5 Å². The monoisotopic (exact) mass is 546 g/mol. The van der Waals surface area contributed by atoms with Crippen LogP contribution in [0.2, 0.25) is 0 Å². The highest BCUT2D eigenvalue weighted by atomic mass is 19.1. The number of carbonyl (C=O) groups excluding carboxylic acids is 4. The van der Waals surface area contributed by atoms with Crippen molar-refractivity contribution in [2.75, 3.05) is 13.1 Å². The van der Waals surface area contributed by atoms with Crippen molar-refractivity contribution in [1.29, 1.82) is 0 Å². The van der Waals surface area contributed by atoms with E-state index in [0.717, 1.165) is 46.2 Å². The van der Waals surface area contributed by atoms with Gasteiger partial charge in [-0.1, -0.05) is 0 Å². The van der Waals surface area contributed by atoms with Crippen molar-refractivity contribution in [3.05, 3.63) is 117 Å². The van der Waals surface area contributed by atoms with Crippen molar-refractivity contribution in [3.63, 3.8) is 0 Å². The SMILES string of the molecule is O=C1c2ccc3c4c(ccc(c24)C(=O)N1CCc1cc(F)cc(F)c1)C(=O)N(CCc1cc(F)cc(F)c1)C3=O. The van der Waals surface area contributed by atoms with Crippen LogP contribution in [0.25, 0.3) is 10.8 Å². The summed E-state index contributed by atoms with van der Waals surface area (Å²) in [6.45, 7) is -0.283. The molecule has 4 amide bonds. The van der Waals surface area contributed by atoms with Crippen LogP contribution in [-0.2, 0) is 12.8 Å². The van der Waals surface area contributed by atoms with Crippen LogP contribution in [0.15, 0.2) is 60.7 Å². The molecule has 0 unspecified atom stereocenters. The summed E-state index contributed by atoms with van der Waals surface area (Å²) >= 11 is 0. The van der Waals surface area contributed by atoms with Crippen LogP contribution in [0.1, 0.15) is 52.6 Å². The van der Waals surface area contributed by atoms with Crippen molar-refractivity contribution in [1.82, 2.24) is 9.80 Å². The van der Waals surface area contributed by atoms with Crippen LogP contribution in [0.5, 0.6) is 0 Å². The molecule has 0 bridgehead atoms. The fraction of sp³-hybridized carbons (Fsp3) is 0.133. The van der Waals surface area contributed by atoms with Crippen LogP contribution < -0.4 is 0 Å². The van der Waals surface area contributed by atoms with Gasteiger partial charge in [0.2, 0.25) is 0 Å². The van der Waals surface area contributed by atoms with Gasteiger partial charge in [0.15, 0.2) is 0 Å². The molecule has 2 aliphatic rings. The maximum absolute atomic E-state index is 13.6. The highest BCUT2D eigenvalue weighted by Gasteiger charge is 2.39. The first-order valence-electron chi connectivity index (χ1n) is 12.3. The van der Waals surface area contributed by atoms with E-state index in [4.69, 9.17) is 0 Å². The number of benzene rings is 4. The fourth-order valence-electron chi connectivity index (χ4n) is 5.37. The van der Waals surface area contributed by atoms with Crippen LogP contribution in [-0.4, -0.2) is 46.5 Å². The standard InChI is InChI=1S/C30H18F4N2O4/c31-17-9-15(10-18(32)13-17)5-7-35-27(37)21-1-2-22-26-24(4-3-23(25(21)26)29(35)39)30(40)36(28(22)38)8-6-16-11-19(33)14-20(34)12-16/h1-4,9-14H,5-8H2. The summed E-state index contributed by atoms with van der Waals surface area (Å²) < 4.78 is 54.4. The van der Waals surface area contributed by atoms with Crippen LogP contribution in [0.3, 0.4) is 0 Å². The molecule has 0 saturated carbocycles. The summed E-state index contributed by atoms with van der Waals surface area (Å²) in [6, 6.07) is 11.5. The van der Waals surface area contributed by atoms with E-state index in [1.54, 1.807) is 0 Å². The van der Waals surface area contributed by atoms with Gasteiger partial charge in [0, 0.05) is 58.2 Å². The lowest BCUT2D eigenvalue weighted by molar-refractivity contribution is 0.0590. The van der Waals surface area contributed by atoms with Gasteiger partial charge in [-0.3, -0.25) is 29.0 Å². The molecule has 0 fully saturated rings. The van der Waals surface area contributed by atoms with Gasteiger partial charge >= 0.3 is 0 Å². The zero-order chi connectivity index (χ0) is 28.3. The predicted octanol–water partition coefficient (Wildman–Crippen LogP) is 5.07. The zero-order valence-electron chi connectivity index (χ0n) is 20.6. The molecule has 0 aliphatic carbocycles. The van der Waals surface area contributed by atoms with E-state index < -0.39 is 46.9 Å². The second kappa shape index (κ2) is 9.41. The van der Waals surface area contributed by atoms with E-state index in [0.29, 0.717) is 0 Å². The third kappa shape index (κ3) is 4.12. The lowest BCUT2D eigenvalue weighted by atomic mass is 9.85. The minimum absolute atomic E-state index is 0.0158. The molecule has 4 aromatic carbocycles. The van der Waals surface area contributed by atoms with Crippen molar-refractivity contribution >= 4 is 34.4 Å². The molecular weight excluding hydrogens is 528 g/mol. The smallest absolute Gasteiger partial charge is 0.261 e. The maximum Gasteiger partial charge on any atom is 0.261 e. The van der Waals surface area contributed by atoms with Crippen molar-refractivity contribution in [2.24, 2.45) is 0 Å². The number of carbonyl (C=O) groups is 4. The molecule has 2 aliphatic heterocycles. The number of imide groups is 2. The molecule has 0 aromatic heterocycles. The lowest BCUT2D eigenvalue weighted by Gasteiger charge is -2.32. The second-order valence-corrected chi connectivity index (χ2v) is 9.65. The topological polar surface area (TPSA) is 74.8 Å². The molecule has 10 heteroatoms. The number of hydrogen-bond acceptors (Lipinski definition) is 4. The number of hydrogen-bond donors (Lipinski definition) is 0. The van der Waals surface area contributed by atoms with Gasteiger partial charge in [-0.2, -0.15) is 0 Å². The summed E-state index contributed by atoms with van der Waals surface area (Å²) in [5, 5.41) is 0.373. The first kappa shape index (κ1) is 25.4. The van der Waals surface area contributed by atoms with Gasteiger partial charge < -0.3 is 0 Å². The quantitative estimate of drug-likeness (QED) is 0.250. The van der Waals surface area contributed by atoms with Gasteiger partial charge in [0.05, 0.1) is 0 Å². The average Bonchev–Trinajstić information content (AvgIpc) is 2.89. The normalized spacial score (nSPS) is 14.5. The molecule has 0 spiro atoms. The Morgan fingerprint density at radius 3 is 1.00 bits per heavy atom. The van der Waals surface area contributed by atoms with Gasteiger partial charge in [-0.15, -0.1) is 0 Å². The summed E-state index contributed by atoms with van der Waals surface area (Å²) in [7, 11) is 0. The minimum Gasteiger partial charge on any atom is -0.274 e. The Labute approximate surface area is 224 Å². The van der Waals surface area contributed by atoms with Crippen LogP contribution in [0, 0.1) is 23.3 Å². The van der Waals surface area contributed by atoms with E-state index in [-0.39, 0.29) is 70.1 Å². The number of rotatable bonds is 6. The summed E-state index contributed by atoms with van der Waals surface area (Å²) in [5.74, 6) is -5.74. The number of amides is 4. The molecule has 200 valence electrons. The van der Waals surface area contributed by atoms with Gasteiger partial charge in [0.1, 0.15) is 23.3 Å². The largest absolute Gasteiger partial charge is 0.274 e. The Bertz CT molecular complexity index is 1560. The Balaban J connectivity index is 1.32. The lowest BCUT2D eigenvalue weighted by Crippen LogP contribution is -2.44. The Hall–Kier alpha value is -4.86. The van der Waals surface area contributed by atoms with E-state index in [2.05, 4.69) is 0 Å². The molecule has 4 aromatic rings. The van der Waals surface area contributed by atoms with Crippen LogP contribution in [0.4, 0.5) is 17.6 Å². The molecule has 40 heavy (non-hydrogen) atoms. The fourth-order valence-corrected chi connectivity index (χ4v) is 5.37. The zero-order valence-corrected chi connectivity index (χ0v) is 20.6. The molecule has 6 nitrogen and oxygen atoms in total. The first-order chi connectivity index (χ1) is 19.1. The minimum atomic E-state index is -0.776. The van der Waals surface area contributed by atoms with Gasteiger partial charge in [0.25, 0.3) is 23.6 Å². The molecule has 0 N–H and O–H groups in total. The Kier molecular flexibility index (Phi) is 5.98. The molecule has 2 heterocycles. The predicted molar refractivity (Wildman–Crippen MR) is 135 cm³/mol. The van der Waals surface area contributed by atoms with Crippen LogP contribution >= 0.6 is 0 Å². The number of halogens is 4. The third-order valence-corrected chi connectivity index (χ3v) is 7.16. The molecular formula is C30H18F4N2O4. The maximum atomic E-state index is 13.6. The average molecular weight is 546 g/mol. The Morgan fingerprint density at radius 2 is 0.725 bits per heavy atom. The van der Waals surface area contributed by atoms with Crippen molar-refractivity contribution in [2.45, 2.75) is 12.8 Å². The van der Waals surface area contributed by atoms with Gasteiger partial charge in [-0.25, -0.2) is 17.6 Å². The first-order valence-corrected chi connectivity index (χ1v) is 12.3. The highest BCUT2D eigenvalue weighted by molar-refractivity contribution is 6.33. The number of nitrogens with zero attached hydrogens (tertiary/aromatic N) is 2. The van der Waals surface area contributed by atoms with Crippen molar-refractivity contribution in [3.8, 4) is 0 Å². The molecule has 0 saturated heterocycles. The highest BCUT2D eigenvalue weighted by Crippen LogP contribution is 2.38. The molecule has 0 radical (unpaired) electrons.